The molecule has 30 heavy (non-hydrogen) atoms. The Kier molecular flexibility index (Phi) is 5.57. The maximum Gasteiger partial charge on any atom is 0.109 e. The van der Waals surface area contributed by atoms with E-state index >= 15 is 0 Å². The Labute approximate surface area is 177 Å². The highest BCUT2D eigenvalue weighted by Gasteiger charge is 2.13. The molecule has 2 N–H and O–H groups in total. The van der Waals surface area contributed by atoms with Crippen LogP contribution < -0.4 is 10.6 Å². The first-order valence-electron chi connectivity index (χ1n) is 9.90. The van der Waals surface area contributed by atoms with Crippen LogP contribution in [0.1, 0.15) is 11.1 Å². The third-order valence-electron chi connectivity index (χ3n) is 4.88. The average Bonchev–Trinajstić information content (AvgIpc) is 2.77. The lowest BCUT2D eigenvalue weighted by atomic mass is 10.1. The molecule has 0 amide bonds. The van der Waals surface area contributed by atoms with E-state index in [1.165, 1.54) is 11.1 Å². The molecule has 0 unspecified atom stereocenters. The van der Waals surface area contributed by atoms with Gasteiger partial charge in [-0.3, -0.25) is 0 Å². The van der Waals surface area contributed by atoms with Crippen LogP contribution in [0.2, 0.25) is 0 Å². The van der Waals surface area contributed by atoms with Gasteiger partial charge in [0, 0.05) is 17.1 Å². The highest BCUT2D eigenvalue weighted by molar-refractivity contribution is 5.80. The first kappa shape index (κ1) is 19.4. The molecule has 0 bridgehead atoms. The summed E-state index contributed by atoms with van der Waals surface area (Å²) in [5.74, 6) is 0. The summed E-state index contributed by atoms with van der Waals surface area (Å²) >= 11 is 0. The van der Waals surface area contributed by atoms with Crippen molar-refractivity contribution in [2.45, 2.75) is 13.8 Å². The number of hydrogen-bond acceptors (Lipinski definition) is 4. The molecule has 0 saturated carbocycles. The predicted molar refractivity (Wildman–Crippen MR) is 126 cm³/mol. The van der Waals surface area contributed by atoms with E-state index in [1.807, 2.05) is 48.5 Å². The minimum absolute atomic E-state index is 0.580. The largest absolute Gasteiger partial charge is 0.397 e. The van der Waals surface area contributed by atoms with Crippen molar-refractivity contribution in [1.29, 1.82) is 0 Å². The third kappa shape index (κ3) is 4.39. The molecule has 4 aromatic rings. The second-order valence-electron chi connectivity index (χ2n) is 7.29. The summed E-state index contributed by atoms with van der Waals surface area (Å²) in [6.07, 6.45) is 0. The number of nitrogens with two attached hydrogens (primary N) is 1. The summed E-state index contributed by atoms with van der Waals surface area (Å²) < 4.78 is 0. The first-order valence-corrected chi connectivity index (χ1v) is 9.90. The Hall–Kier alpha value is -3.92. The number of nitrogens with zero attached hydrogens (tertiary/aromatic N) is 3. The Morgan fingerprint density at radius 3 is 1.67 bits per heavy atom. The van der Waals surface area contributed by atoms with E-state index in [1.54, 1.807) is 0 Å². The molecule has 0 aliphatic heterocycles. The number of aryl methyl sites for hydroxylation is 2. The molecule has 0 radical (unpaired) electrons. The van der Waals surface area contributed by atoms with Crippen molar-refractivity contribution in [3.63, 3.8) is 0 Å². The fourth-order valence-electron chi connectivity index (χ4n) is 3.21. The van der Waals surface area contributed by atoms with Crippen LogP contribution in [0.15, 0.2) is 107 Å². The minimum atomic E-state index is 0.580. The molecule has 0 aliphatic rings. The van der Waals surface area contributed by atoms with E-state index < -0.39 is 0 Å². The van der Waals surface area contributed by atoms with Gasteiger partial charge in [-0.15, -0.1) is 5.11 Å². The van der Waals surface area contributed by atoms with Crippen LogP contribution in [0.25, 0.3) is 0 Å². The first-order chi connectivity index (χ1) is 14.6. The van der Waals surface area contributed by atoms with Crippen LogP contribution in [-0.4, -0.2) is 0 Å². The third-order valence-corrected chi connectivity index (χ3v) is 4.88. The summed E-state index contributed by atoms with van der Waals surface area (Å²) in [5.41, 5.74) is 13.9. The summed E-state index contributed by atoms with van der Waals surface area (Å²) in [5, 5.41) is 8.61. The number of rotatable bonds is 5. The van der Waals surface area contributed by atoms with Gasteiger partial charge in [0.1, 0.15) is 5.69 Å². The lowest BCUT2D eigenvalue weighted by Crippen LogP contribution is -2.10. The molecule has 0 heterocycles. The Morgan fingerprint density at radius 2 is 1.13 bits per heavy atom. The van der Waals surface area contributed by atoms with Crippen molar-refractivity contribution in [2.24, 2.45) is 10.2 Å². The lowest BCUT2D eigenvalue weighted by Gasteiger charge is -2.26. The van der Waals surface area contributed by atoms with E-state index in [0.717, 1.165) is 22.7 Å². The Bertz CT molecular complexity index is 1100. The van der Waals surface area contributed by atoms with Gasteiger partial charge in [0.25, 0.3) is 0 Å². The van der Waals surface area contributed by atoms with Gasteiger partial charge in [0.05, 0.1) is 11.4 Å². The summed E-state index contributed by atoms with van der Waals surface area (Å²) in [6.45, 7) is 4.18. The predicted octanol–water partition coefficient (Wildman–Crippen LogP) is 7.77. The molecular formula is C26H24N4. The number of benzene rings is 4. The van der Waals surface area contributed by atoms with Gasteiger partial charge in [-0.1, -0.05) is 53.6 Å². The topological polar surface area (TPSA) is 54.0 Å². The molecule has 148 valence electrons. The Morgan fingerprint density at radius 1 is 0.600 bits per heavy atom. The monoisotopic (exact) mass is 392 g/mol. The van der Waals surface area contributed by atoms with Crippen LogP contribution in [0.3, 0.4) is 0 Å². The van der Waals surface area contributed by atoms with Gasteiger partial charge in [-0.2, -0.15) is 5.11 Å². The summed E-state index contributed by atoms with van der Waals surface area (Å²) in [4.78, 5) is 2.19. The molecule has 0 atom stereocenters. The van der Waals surface area contributed by atoms with Crippen molar-refractivity contribution in [2.75, 3.05) is 10.6 Å². The minimum Gasteiger partial charge on any atom is -0.397 e. The fraction of sp³-hybridized carbons (Fsp3) is 0.0769. The van der Waals surface area contributed by atoms with Gasteiger partial charge in [0.15, 0.2) is 0 Å². The van der Waals surface area contributed by atoms with Gasteiger partial charge >= 0.3 is 0 Å². The van der Waals surface area contributed by atoms with Crippen LogP contribution in [0.5, 0.6) is 0 Å². The number of azo groups is 1. The molecule has 4 rings (SSSR count). The zero-order valence-corrected chi connectivity index (χ0v) is 17.2. The SMILES string of the molecule is Cc1ccc(N(c2ccc(C)cc2)c2ccc(N=Nc3ccccc3)c(N)c2)cc1. The van der Waals surface area contributed by atoms with Gasteiger partial charge < -0.3 is 10.6 Å². The van der Waals surface area contributed by atoms with Gasteiger partial charge in [-0.25, -0.2) is 0 Å². The molecular weight excluding hydrogens is 368 g/mol. The average molecular weight is 393 g/mol. The fourth-order valence-corrected chi connectivity index (χ4v) is 3.21. The molecule has 0 aliphatic carbocycles. The molecule has 0 aromatic heterocycles. The molecule has 0 saturated heterocycles. The molecule has 0 fully saturated rings. The maximum atomic E-state index is 6.35. The molecule has 0 spiro atoms. The molecule has 4 nitrogen and oxygen atoms in total. The van der Waals surface area contributed by atoms with Crippen LogP contribution in [-0.2, 0) is 0 Å². The lowest BCUT2D eigenvalue weighted by molar-refractivity contribution is 1.22. The van der Waals surface area contributed by atoms with E-state index in [-0.39, 0.29) is 0 Å². The van der Waals surface area contributed by atoms with Crippen molar-refractivity contribution < 1.29 is 0 Å². The quantitative estimate of drug-likeness (QED) is 0.278. The standard InChI is InChI=1S/C26H24N4/c1-19-8-12-22(13-9-19)30(23-14-10-20(2)11-15-23)24-16-17-26(25(27)18-24)29-28-21-6-4-3-5-7-21/h3-18H,27H2,1-2H3. The number of hydrogen-bond donors (Lipinski definition) is 1. The Balaban J connectivity index is 1.72. The van der Waals surface area contributed by atoms with E-state index in [4.69, 9.17) is 5.73 Å². The number of anilines is 4. The maximum absolute atomic E-state index is 6.35. The van der Waals surface area contributed by atoms with Crippen LogP contribution in [0.4, 0.5) is 34.1 Å². The molecule has 4 heteroatoms. The van der Waals surface area contributed by atoms with Crippen molar-refractivity contribution in [3.05, 3.63) is 108 Å². The second-order valence-corrected chi connectivity index (χ2v) is 7.29. The van der Waals surface area contributed by atoms with Crippen LogP contribution in [0, 0.1) is 13.8 Å². The number of nitrogen functional groups attached to an aromatic ring is 1. The smallest absolute Gasteiger partial charge is 0.109 e. The highest BCUT2D eigenvalue weighted by Crippen LogP contribution is 2.38. The van der Waals surface area contributed by atoms with Gasteiger partial charge in [0.2, 0.25) is 0 Å². The summed E-state index contributed by atoms with van der Waals surface area (Å²) in [6, 6.07) is 32.4. The highest BCUT2D eigenvalue weighted by atomic mass is 15.1. The zero-order chi connectivity index (χ0) is 20.9. The normalized spacial score (nSPS) is 11.0. The summed E-state index contributed by atoms with van der Waals surface area (Å²) in [7, 11) is 0. The second kappa shape index (κ2) is 8.62. The zero-order valence-electron chi connectivity index (χ0n) is 17.2. The van der Waals surface area contributed by atoms with E-state index in [2.05, 4.69) is 77.5 Å². The van der Waals surface area contributed by atoms with E-state index in [0.29, 0.717) is 11.4 Å². The van der Waals surface area contributed by atoms with Gasteiger partial charge in [-0.05, 0) is 68.4 Å². The van der Waals surface area contributed by atoms with Crippen molar-refractivity contribution in [1.82, 2.24) is 0 Å². The van der Waals surface area contributed by atoms with Crippen molar-refractivity contribution in [3.8, 4) is 0 Å². The van der Waals surface area contributed by atoms with Crippen LogP contribution >= 0.6 is 0 Å². The molecule has 4 aromatic carbocycles. The van der Waals surface area contributed by atoms with Crippen molar-refractivity contribution >= 4 is 34.1 Å². The van der Waals surface area contributed by atoms with E-state index in [9.17, 15) is 0 Å².